The average Bonchev–Trinajstić information content (AvgIpc) is 2.62. The lowest BCUT2D eigenvalue weighted by Crippen LogP contribution is -2.40. The normalized spacial score (nSPS) is 18.8. The SMILES string of the molecule is NNC(=S)NC1CCc2ccccc21. The minimum Gasteiger partial charge on any atom is -0.355 e. The second-order valence-corrected chi connectivity index (χ2v) is 3.82. The molecule has 0 saturated carbocycles. The van der Waals surface area contributed by atoms with Gasteiger partial charge in [0.2, 0.25) is 0 Å². The molecule has 1 aromatic carbocycles. The molecule has 0 fully saturated rings. The Bertz CT molecular complexity index is 351. The first-order valence-electron chi connectivity index (χ1n) is 4.66. The van der Waals surface area contributed by atoms with E-state index >= 15 is 0 Å². The standard InChI is InChI=1S/C10H13N3S/c11-13-10(14)12-9-6-5-7-3-1-2-4-8(7)9/h1-4,9H,5-6,11H2,(H2,12,13,14). The van der Waals surface area contributed by atoms with Gasteiger partial charge in [0.1, 0.15) is 0 Å². The Balaban J connectivity index is 2.14. The van der Waals surface area contributed by atoms with Crippen molar-refractivity contribution in [1.82, 2.24) is 10.7 Å². The van der Waals surface area contributed by atoms with Crippen molar-refractivity contribution in [2.24, 2.45) is 5.84 Å². The van der Waals surface area contributed by atoms with Crippen LogP contribution in [0.5, 0.6) is 0 Å². The van der Waals surface area contributed by atoms with Crippen LogP contribution in [0.1, 0.15) is 23.6 Å². The second-order valence-electron chi connectivity index (χ2n) is 3.41. The number of hydrogen-bond acceptors (Lipinski definition) is 2. The highest BCUT2D eigenvalue weighted by molar-refractivity contribution is 7.80. The smallest absolute Gasteiger partial charge is 0.181 e. The van der Waals surface area contributed by atoms with Gasteiger partial charge in [-0.25, -0.2) is 5.84 Å². The molecule has 0 heterocycles. The number of nitrogens with two attached hydrogens (primary N) is 1. The monoisotopic (exact) mass is 207 g/mol. The minimum atomic E-state index is 0.315. The lowest BCUT2D eigenvalue weighted by atomic mass is 10.1. The first-order chi connectivity index (χ1) is 6.81. The van der Waals surface area contributed by atoms with Crippen LogP contribution in [-0.2, 0) is 6.42 Å². The van der Waals surface area contributed by atoms with Crippen LogP contribution in [0, 0.1) is 0 Å². The summed E-state index contributed by atoms with van der Waals surface area (Å²) in [6.07, 6.45) is 2.20. The predicted molar refractivity (Wildman–Crippen MR) is 60.6 cm³/mol. The molecule has 0 spiro atoms. The van der Waals surface area contributed by atoms with E-state index in [4.69, 9.17) is 18.1 Å². The fourth-order valence-corrected chi connectivity index (χ4v) is 2.05. The largest absolute Gasteiger partial charge is 0.355 e. The summed E-state index contributed by atoms with van der Waals surface area (Å²) in [5.74, 6) is 5.22. The van der Waals surface area contributed by atoms with Crippen LogP contribution >= 0.6 is 12.2 Å². The average molecular weight is 207 g/mol. The molecule has 1 aliphatic rings. The maximum absolute atomic E-state index is 5.22. The topological polar surface area (TPSA) is 50.1 Å². The zero-order chi connectivity index (χ0) is 9.97. The fourth-order valence-electron chi connectivity index (χ4n) is 1.91. The van der Waals surface area contributed by atoms with E-state index in [-0.39, 0.29) is 0 Å². The Morgan fingerprint density at radius 1 is 1.43 bits per heavy atom. The lowest BCUT2D eigenvalue weighted by Gasteiger charge is -2.15. The van der Waals surface area contributed by atoms with E-state index in [0.717, 1.165) is 12.8 Å². The third-order valence-corrected chi connectivity index (χ3v) is 2.80. The molecule has 1 atom stereocenters. The van der Waals surface area contributed by atoms with Gasteiger partial charge in [0.15, 0.2) is 5.11 Å². The summed E-state index contributed by atoms with van der Waals surface area (Å²) in [6, 6.07) is 8.74. The molecule has 0 aliphatic heterocycles. The highest BCUT2D eigenvalue weighted by atomic mass is 32.1. The Kier molecular flexibility index (Phi) is 2.65. The van der Waals surface area contributed by atoms with Crippen molar-refractivity contribution in [2.75, 3.05) is 0 Å². The van der Waals surface area contributed by atoms with Gasteiger partial charge in [0.05, 0.1) is 6.04 Å². The number of aryl methyl sites for hydroxylation is 1. The van der Waals surface area contributed by atoms with Crippen LogP contribution in [0.4, 0.5) is 0 Å². The highest BCUT2D eigenvalue weighted by Gasteiger charge is 2.21. The van der Waals surface area contributed by atoms with E-state index in [1.165, 1.54) is 11.1 Å². The van der Waals surface area contributed by atoms with Crippen LogP contribution in [0.15, 0.2) is 24.3 Å². The van der Waals surface area contributed by atoms with Gasteiger partial charge in [0.25, 0.3) is 0 Å². The van der Waals surface area contributed by atoms with E-state index < -0.39 is 0 Å². The summed E-state index contributed by atoms with van der Waals surface area (Å²) in [7, 11) is 0. The number of rotatable bonds is 1. The summed E-state index contributed by atoms with van der Waals surface area (Å²) < 4.78 is 0. The molecule has 0 amide bonds. The number of thiocarbonyl (C=S) groups is 1. The molecule has 0 aromatic heterocycles. The first kappa shape index (κ1) is 9.43. The number of hydrogen-bond donors (Lipinski definition) is 3. The van der Waals surface area contributed by atoms with Crippen molar-refractivity contribution in [3.05, 3.63) is 35.4 Å². The second kappa shape index (κ2) is 3.94. The van der Waals surface area contributed by atoms with E-state index in [1.54, 1.807) is 0 Å². The van der Waals surface area contributed by atoms with Gasteiger partial charge in [-0.2, -0.15) is 0 Å². The highest BCUT2D eigenvalue weighted by Crippen LogP contribution is 2.30. The van der Waals surface area contributed by atoms with E-state index in [2.05, 4.69) is 35.0 Å². The molecular formula is C10H13N3S. The van der Waals surface area contributed by atoms with Gasteiger partial charge in [-0.15, -0.1) is 0 Å². The summed E-state index contributed by atoms with van der Waals surface area (Å²) in [5.41, 5.74) is 5.19. The zero-order valence-electron chi connectivity index (χ0n) is 7.79. The van der Waals surface area contributed by atoms with Crippen molar-refractivity contribution in [3.8, 4) is 0 Å². The molecule has 0 bridgehead atoms. The Hall–Kier alpha value is -1.13. The molecule has 2 rings (SSSR count). The molecule has 1 aliphatic carbocycles. The molecule has 1 unspecified atom stereocenters. The van der Waals surface area contributed by atoms with Crippen LogP contribution in [0.3, 0.4) is 0 Å². The van der Waals surface area contributed by atoms with E-state index in [9.17, 15) is 0 Å². The summed E-state index contributed by atoms with van der Waals surface area (Å²) in [5, 5.41) is 3.69. The van der Waals surface area contributed by atoms with Gasteiger partial charge in [-0.3, -0.25) is 0 Å². The van der Waals surface area contributed by atoms with Gasteiger partial charge >= 0.3 is 0 Å². The van der Waals surface area contributed by atoms with Crippen LogP contribution in [0.25, 0.3) is 0 Å². The number of fused-ring (bicyclic) bond motifs is 1. The van der Waals surface area contributed by atoms with Crippen molar-refractivity contribution in [1.29, 1.82) is 0 Å². The number of benzene rings is 1. The molecule has 4 heteroatoms. The number of nitrogens with one attached hydrogen (secondary N) is 2. The van der Waals surface area contributed by atoms with Crippen molar-refractivity contribution < 1.29 is 0 Å². The molecular weight excluding hydrogens is 194 g/mol. The third-order valence-electron chi connectivity index (χ3n) is 2.57. The quantitative estimate of drug-likeness (QED) is 0.365. The summed E-state index contributed by atoms with van der Waals surface area (Å²) in [6.45, 7) is 0. The predicted octanol–water partition coefficient (Wildman–Crippen LogP) is 1.01. The molecule has 4 N–H and O–H groups in total. The van der Waals surface area contributed by atoms with Crippen molar-refractivity contribution in [3.63, 3.8) is 0 Å². The van der Waals surface area contributed by atoms with Gasteiger partial charge < -0.3 is 10.7 Å². The first-order valence-corrected chi connectivity index (χ1v) is 5.07. The van der Waals surface area contributed by atoms with Gasteiger partial charge in [-0.1, -0.05) is 24.3 Å². The lowest BCUT2D eigenvalue weighted by molar-refractivity contribution is 0.632. The Morgan fingerprint density at radius 3 is 3.00 bits per heavy atom. The van der Waals surface area contributed by atoms with Crippen molar-refractivity contribution in [2.45, 2.75) is 18.9 Å². The van der Waals surface area contributed by atoms with Crippen LogP contribution < -0.4 is 16.6 Å². The summed E-state index contributed by atoms with van der Waals surface area (Å²) in [4.78, 5) is 0. The molecule has 14 heavy (non-hydrogen) atoms. The van der Waals surface area contributed by atoms with E-state index in [0.29, 0.717) is 11.2 Å². The van der Waals surface area contributed by atoms with Gasteiger partial charge in [-0.05, 0) is 36.2 Å². The van der Waals surface area contributed by atoms with Crippen LogP contribution in [0.2, 0.25) is 0 Å². The Labute approximate surface area is 88.7 Å². The van der Waals surface area contributed by atoms with Crippen LogP contribution in [-0.4, -0.2) is 5.11 Å². The molecule has 0 saturated heterocycles. The fraction of sp³-hybridized carbons (Fsp3) is 0.300. The molecule has 3 nitrogen and oxygen atoms in total. The summed E-state index contributed by atoms with van der Waals surface area (Å²) >= 11 is 4.97. The minimum absolute atomic E-state index is 0.315. The third kappa shape index (κ3) is 1.71. The zero-order valence-corrected chi connectivity index (χ0v) is 8.60. The molecule has 74 valence electrons. The number of hydrazine groups is 1. The van der Waals surface area contributed by atoms with E-state index in [1.807, 2.05) is 0 Å². The Morgan fingerprint density at radius 2 is 2.21 bits per heavy atom. The molecule has 1 aromatic rings. The maximum Gasteiger partial charge on any atom is 0.181 e. The van der Waals surface area contributed by atoms with Crippen molar-refractivity contribution >= 4 is 17.3 Å². The molecule has 0 radical (unpaired) electrons. The van der Waals surface area contributed by atoms with Gasteiger partial charge in [0, 0.05) is 0 Å². The maximum atomic E-state index is 5.22.